The molecule has 1 aromatic rings. The van der Waals surface area contributed by atoms with E-state index in [0.29, 0.717) is 5.92 Å². The standard InChI is InChI=1S/C13H19NO2/c1-14-8-9-6-11(9)12-7-10(15-2)4-5-13(12)16-3/h4-5,7,9,11,14H,6,8H2,1-3H3/t9-,11-/m1/s1. The number of benzene rings is 1. The van der Waals surface area contributed by atoms with Crippen LogP contribution in [0.2, 0.25) is 0 Å². The van der Waals surface area contributed by atoms with Gasteiger partial charge in [0.25, 0.3) is 0 Å². The van der Waals surface area contributed by atoms with Crippen molar-refractivity contribution >= 4 is 0 Å². The fraction of sp³-hybridized carbons (Fsp3) is 0.538. The van der Waals surface area contributed by atoms with Crippen LogP contribution in [0.15, 0.2) is 18.2 Å². The number of rotatable bonds is 5. The highest BCUT2D eigenvalue weighted by Crippen LogP contribution is 2.50. The summed E-state index contributed by atoms with van der Waals surface area (Å²) in [6.45, 7) is 1.07. The van der Waals surface area contributed by atoms with Gasteiger partial charge in [0.1, 0.15) is 11.5 Å². The summed E-state index contributed by atoms with van der Waals surface area (Å²) in [5.74, 6) is 3.25. The van der Waals surface area contributed by atoms with Gasteiger partial charge in [0.2, 0.25) is 0 Å². The van der Waals surface area contributed by atoms with Gasteiger partial charge in [-0.25, -0.2) is 0 Å². The van der Waals surface area contributed by atoms with Crippen LogP contribution < -0.4 is 14.8 Å². The fourth-order valence-corrected chi connectivity index (χ4v) is 2.25. The first-order valence-corrected chi connectivity index (χ1v) is 5.66. The summed E-state index contributed by atoms with van der Waals surface area (Å²) in [6.07, 6.45) is 1.24. The van der Waals surface area contributed by atoms with Crippen molar-refractivity contribution in [1.82, 2.24) is 5.32 Å². The zero-order chi connectivity index (χ0) is 11.5. The summed E-state index contributed by atoms with van der Waals surface area (Å²) in [4.78, 5) is 0. The Hall–Kier alpha value is -1.22. The monoisotopic (exact) mass is 221 g/mol. The van der Waals surface area contributed by atoms with E-state index in [0.717, 1.165) is 24.0 Å². The lowest BCUT2D eigenvalue weighted by Crippen LogP contribution is -2.10. The number of hydrogen-bond acceptors (Lipinski definition) is 3. The molecule has 1 N–H and O–H groups in total. The van der Waals surface area contributed by atoms with Gasteiger partial charge >= 0.3 is 0 Å². The topological polar surface area (TPSA) is 30.5 Å². The van der Waals surface area contributed by atoms with Crippen molar-refractivity contribution in [3.05, 3.63) is 23.8 Å². The van der Waals surface area contributed by atoms with Crippen LogP contribution in [0.5, 0.6) is 11.5 Å². The molecule has 1 saturated carbocycles. The average Bonchev–Trinajstić information content (AvgIpc) is 3.08. The minimum atomic E-state index is 0.623. The summed E-state index contributed by atoms with van der Waals surface area (Å²) in [5, 5.41) is 3.22. The van der Waals surface area contributed by atoms with Gasteiger partial charge in [0.05, 0.1) is 14.2 Å². The first-order chi connectivity index (χ1) is 7.80. The molecule has 16 heavy (non-hydrogen) atoms. The minimum Gasteiger partial charge on any atom is -0.497 e. The van der Waals surface area contributed by atoms with Crippen molar-refractivity contribution in [2.75, 3.05) is 27.8 Å². The predicted octanol–water partition coefficient (Wildman–Crippen LogP) is 2.03. The maximum absolute atomic E-state index is 5.40. The molecule has 0 unspecified atom stereocenters. The Labute approximate surface area is 96.8 Å². The van der Waals surface area contributed by atoms with Gasteiger partial charge in [-0.05, 0) is 50.0 Å². The van der Waals surface area contributed by atoms with E-state index in [1.807, 2.05) is 19.2 Å². The molecule has 1 fully saturated rings. The van der Waals surface area contributed by atoms with Crippen LogP contribution in [-0.4, -0.2) is 27.8 Å². The van der Waals surface area contributed by atoms with E-state index in [1.54, 1.807) is 14.2 Å². The summed E-state index contributed by atoms with van der Waals surface area (Å²) >= 11 is 0. The second-order valence-electron chi connectivity index (χ2n) is 4.27. The molecule has 3 nitrogen and oxygen atoms in total. The van der Waals surface area contributed by atoms with E-state index in [2.05, 4.69) is 11.4 Å². The normalized spacial score (nSPS) is 22.9. The molecule has 2 rings (SSSR count). The van der Waals surface area contributed by atoms with E-state index < -0.39 is 0 Å². The van der Waals surface area contributed by atoms with E-state index in [1.165, 1.54) is 12.0 Å². The molecular weight excluding hydrogens is 202 g/mol. The quantitative estimate of drug-likeness (QED) is 0.825. The molecule has 0 bridgehead atoms. The molecule has 0 amide bonds. The average molecular weight is 221 g/mol. The van der Waals surface area contributed by atoms with Gasteiger partial charge in [-0.3, -0.25) is 0 Å². The maximum atomic E-state index is 5.40. The van der Waals surface area contributed by atoms with E-state index >= 15 is 0 Å². The lowest BCUT2D eigenvalue weighted by atomic mass is 10.1. The van der Waals surface area contributed by atoms with Crippen LogP contribution >= 0.6 is 0 Å². The molecule has 0 spiro atoms. The second-order valence-corrected chi connectivity index (χ2v) is 4.27. The molecule has 3 heteroatoms. The predicted molar refractivity (Wildman–Crippen MR) is 64.3 cm³/mol. The molecule has 0 aliphatic heterocycles. The largest absolute Gasteiger partial charge is 0.497 e. The molecule has 0 saturated heterocycles. The van der Waals surface area contributed by atoms with Crippen LogP contribution in [-0.2, 0) is 0 Å². The summed E-state index contributed by atoms with van der Waals surface area (Å²) in [6, 6.07) is 6.03. The second kappa shape index (κ2) is 4.74. The molecule has 2 atom stereocenters. The minimum absolute atomic E-state index is 0.623. The highest BCUT2D eigenvalue weighted by atomic mass is 16.5. The van der Waals surface area contributed by atoms with Gasteiger partial charge in [-0.15, -0.1) is 0 Å². The Morgan fingerprint density at radius 1 is 1.31 bits per heavy atom. The fourth-order valence-electron chi connectivity index (χ4n) is 2.25. The van der Waals surface area contributed by atoms with Crippen LogP contribution in [0.3, 0.4) is 0 Å². The molecule has 1 aliphatic carbocycles. The van der Waals surface area contributed by atoms with Gasteiger partial charge < -0.3 is 14.8 Å². The Morgan fingerprint density at radius 2 is 2.12 bits per heavy atom. The molecule has 1 aromatic carbocycles. The molecule has 88 valence electrons. The smallest absolute Gasteiger partial charge is 0.122 e. The van der Waals surface area contributed by atoms with E-state index in [-0.39, 0.29) is 0 Å². The first-order valence-electron chi connectivity index (χ1n) is 5.66. The van der Waals surface area contributed by atoms with Crippen LogP contribution in [0.4, 0.5) is 0 Å². The van der Waals surface area contributed by atoms with Crippen LogP contribution in [0.1, 0.15) is 17.9 Å². The van der Waals surface area contributed by atoms with Crippen molar-refractivity contribution in [3.63, 3.8) is 0 Å². The number of ether oxygens (including phenoxy) is 2. The zero-order valence-electron chi connectivity index (χ0n) is 10.1. The Morgan fingerprint density at radius 3 is 2.75 bits per heavy atom. The van der Waals surface area contributed by atoms with Gasteiger partial charge in [0, 0.05) is 5.56 Å². The zero-order valence-corrected chi connectivity index (χ0v) is 10.1. The SMILES string of the molecule is CNC[C@H]1C[C@H]1c1cc(OC)ccc1OC. The third-order valence-corrected chi connectivity index (χ3v) is 3.23. The summed E-state index contributed by atoms with van der Waals surface area (Å²) < 4.78 is 10.7. The Kier molecular flexibility index (Phi) is 3.34. The molecule has 0 radical (unpaired) electrons. The summed E-state index contributed by atoms with van der Waals surface area (Å²) in [5.41, 5.74) is 1.28. The molecule has 0 aromatic heterocycles. The lowest BCUT2D eigenvalue weighted by Gasteiger charge is -2.10. The van der Waals surface area contributed by atoms with E-state index in [9.17, 15) is 0 Å². The highest BCUT2D eigenvalue weighted by molar-refractivity contribution is 5.45. The van der Waals surface area contributed by atoms with Crippen molar-refractivity contribution in [2.24, 2.45) is 5.92 Å². The molecule has 1 aliphatic rings. The summed E-state index contributed by atoms with van der Waals surface area (Å²) in [7, 11) is 5.42. The van der Waals surface area contributed by atoms with Crippen molar-refractivity contribution in [2.45, 2.75) is 12.3 Å². The Bertz CT molecular complexity index is 365. The van der Waals surface area contributed by atoms with Gasteiger partial charge in [0.15, 0.2) is 0 Å². The number of hydrogen-bond donors (Lipinski definition) is 1. The molecular formula is C13H19NO2. The van der Waals surface area contributed by atoms with Crippen molar-refractivity contribution in [3.8, 4) is 11.5 Å². The third kappa shape index (κ3) is 2.14. The van der Waals surface area contributed by atoms with E-state index in [4.69, 9.17) is 9.47 Å². The number of methoxy groups -OCH3 is 2. The molecule has 0 heterocycles. The number of nitrogens with one attached hydrogen (secondary N) is 1. The third-order valence-electron chi connectivity index (χ3n) is 3.23. The lowest BCUT2D eigenvalue weighted by molar-refractivity contribution is 0.398. The van der Waals surface area contributed by atoms with Crippen molar-refractivity contribution < 1.29 is 9.47 Å². The van der Waals surface area contributed by atoms with Gasteiger partial charge in [-0.2, -0.15) is 0 Å². The first kappa shape index (κ1) is 11.3. The maximum Gasteiger partial charge on any atom is 0.122 e. The van der Waals surface area contributed by atoms with Crippen LogP contribution in [0.25, 0.3) is 0 Å². The highest BCUT2D eigenvalue weighted by Gasteiger charge is 2.39. The van der Waals surface area contributed by atoms with Crippen LogP contribution in [0, 0.1) is 5.92 Å². The van der Waals surface area contributed by atoms with Gasteiger partial charge in [-0.1, -0.05) is 0 Å². The Balaban J connectivity index is 2.18. The van der Waals surface area contributed by atoms with Crippen molar-refractivity contribution in [1.29, 1.82) is 0 Å².